The highest BCUT2D eigenvalue weighted by Gasteiger charge is 2.34. The van der Waals surface area contributed by atoms with Crippen molar-refractivity contribution >= 4 is 22.8 Å². The van der Waals surface area contributed by atoms with E-state index < -0.39 is 23.8 Å². The summed E-state index contributed by atoms with van der Waals surface area (Å²) in [7, 11) is 0. The largest absolute Gasteiger partial charge is 0.436 e. The average Bonchev–Trinajstić information content (AvgIpc) is 2.92. The Balaban J connectivity index is 1.50. The van der Waals surface area contributed by atoms with Crippen molar-refractivity contribution in [1.82, 2.24) is 10.2 Å². The lowest BCUT2D eigenvalue weighted by Gasteiger charge is -2.30. The lowest BCUT2D eigenvalue weighted by molar-refractivity contribution is -0.138. The molecule has 1 heterocycles. The van der Waals surface area contributed by atoms with E-state index in [1.807, 2.05) is 78.9 Å². The lowest BCUT2D eigenvalue weighted by atomic mass is 10.0. The summed E-state index contributed by atoms with van der Waals surface area (Å²) < 4.78 is 16.7. The van der Waals surface area contributed by atoms with Gasteiger partial charge in [0.05, 0.1) is 19.8 Å². The second-order valence-electron chi connectivity index (χ2n) is 8.77. The second kappa shape index (κ2) is 11.7. The molecule has 0 saturated carbocycles. The van der Waals surface area contributed by atoms with Crippen molar-refractivity contribution in [3.05, 3.63) is 83.9 Å². The van der Waals surface area contributed by atoms with Crippen molar-refractivity contribution in [2.75, 3.05) is 26.3 Å². The summed E-state index contributed by atoms with van der Waals surface area (Å²) in [6.07, 6.45) is -1.61. The molecule has 186 valence electrons. The van der Waals surface area contributed by atoms with E-state index >= 15 is 0 Å². The zero-order valence-corrected chi connectivity index (χ0v) is 20.2. The van der Waals surface area contributed by atoms with Crippen LogP contribution in [-0.2, 0) is 32.0 Å². The number of carbonyl (C=O) groups excluding carboxylic acids is 2. The molecule has 0 spiro atoms. The van der Waals surface area contributed by atoms with Crippen LogP contribution in [0.3, 0.4) is 0 Å². The number of hydrogen-bond donors (Lipinski definition) is 1. The normalized spacial score (nSPS) is 15.9. The number of hydrogen-bond acceptors (Lipinski definition) is 6. The molecule has 2 atom stereocenters. The molecule has 2 amide bonds. The minimum atomic E-state index is -1.61. The standard InChI is InChI=1S/C28H29N3O5/c1-28(20-29,35-19-21-7-3-2-4-8-21)30-26(32)25(36-27(33)31-13-15-34-16-14-31)18-22-11-12-23-9-5-6-10-24(23)17-22/h2-12,17,25H,13-16,18-19H2,1H3,(H,30,32). The van der Waals surface area contributed by atoms with E-state index in [0.717, 1.165) is 21.9 Å². The maximum absolute atomic E-state index is 13.4. The number of rotatable bonds is 8. The molecule has 0 radical (unpaired) electrons. The van der Waals surface area contributed by atoms with Gasteiger partial charge in [-0.2, -0.15) is 5.26 Å². The van der Waals surface area contributed by atoms with Crippen LogP contribution < -0.4 is 5.32 Å². The highest BCUT2D eigenvalue weighted by molar-refractivity contribution is 5.86. The van der Waals surface area contributed by atoms with Gasteiger partial charge in [-0.15, -0.1) is 0 Å². The maximum Gasteiger partial charge on any atom is 0.410 e. The van der Waals surface area contributed by atoms with Crippen molar-refractivity contribution < 1.29 is 23.8 Å². The minimum Gasteiger partial charge on any atom is -0.436 e. The number of nitriles is 1. The Labute approximate surface area is 210 Å². The van der Waals surface area contributed by atoms with Gasteiger partial charge in [0.2, 0.25) is 5.72 Å². The third-order valence-electron chi connectivity index (χ3n) is 5.99. The van der Waals surface area contributed by atoms with Gasteiger partial charge < -0.3 is 24.4 Å². The van der Waals surface area contributed by atoms with Crippen LogP contribution in [0.2, 0.25) is 0 Å². The highest BCUT2D eigenvalue weighted by Crippen LogP contribution is 2.19. The van der Waals surface area contributed by atoms with Crippen molar-refractivity contribution in [2.24, 2.45) is 0 Å². The third-order valence-corrected chi connectivity index (χ3v) is 5.99. The fraction of sp³-hybridized carbons (Fsp3) is 0.321. The molecule has 8 nitrogen and oxygen atoms in total. The topological polar surface area (TPSA) is 101 Å². The van der Waals surface area contributed by atoms with E-state index in [9.17, 15) is 14.9 Å². The summed E-state index contributed by atoms with van der Waals surface area (Å²) in [5.74, 6) is -0.609. The van der Waals surface area contributed by atoms with Crippen LogP contribution in [0.15, 0.2) is 72.8 Å². The van der Waals surface area contributed by atoms with Crippen LogP contribution in [0.25, 0.3) is 10.8 Å². The van der Waals surface area contributed by atoms with E-state index in [1.165, 1.54) is 11.8 Å². The van der Waals surface area contributed by atoms with E-state index in [-0.39, 0.29) is 13.0 Å². The smallest absolute Gasteiger partial charge is 0.410 e. The fourth-order valence-corrected chi connectivity index (χ4v) is 3.92. The average molecular weight is 488 g/mol. The molecule has 3 aromatic rings. The van der Waals surface area contributed by atoms with E-state index in [4.69, 9.17) is 14.2 Å². The van der Waals surface area contributed by atoms with Crippen molar-refractivity contribution in [2.45, 2.75) is 31.8 Å². The van der Waals surface area contributed by atoms with Crippen molar-refractivity contribution in [3.8, 4) is 6.07 Å². The molecule has 0 bridgehead atoms. The Morgan fingerprint density at radius 3 is 2.44 bits per heavy atom. The first-order chi connectivity index (χ1) is 17.5. The zero-order chi connectivity index (χ0) is 25.4. The molecule has 1 fully saturated rings. The molecule has 4 rings (SSSR count). The Hall–Kier alpha value is -3.93. The first-order valence-corrected chi connectivity index (χ1v) is 11.9. The molecule has 2 unspecified atom stereocenters. The number of nitrogens with zero attached hydrogens (tertiary/aromatic N) is 2. The third kappa shape index (κ3) is 6.60. The minimum absolute atomic E-state index is 0.133. The van der Waals surface area contributed by atoms with Gasteiger partial charge >= 0.3 is 6.09 Å². The Bertz CT molecular complexity index is 1240. The van der Waals surface area contributed by atoms with Gasteiger partial charge in [0, 0.05) is 19.5 Å². The van der Waals surface area contributed by atoms with E-state index in [0.29, 0.717) is 26.3 Å². The van der Waals surface area contributed by atoms with Crippen LogP contribution in [-0.4, -0.2) is 55.0 Å². The lowest BCUT2D eigenvalue weighted by Crippen LogP contribution is -2.53. The first-order valence-electron chi connectivity index (χ1n) is 11.9. The molecule has 1 saturated heterocycles. The molecule has 1 aliphatic heterocycles. The van der Waals surface area contributed by atoms with Gasteiger partial charge in [0.15, 0.2) is 6.10 Å². The SMILES string of the molecule is CC(C#N)(NC(=O)C(Cc1ccc2ccccc2c1)OC(=O)N1CCOCC1)OCc1ccccc1. The monoisotopic (exact) mass is 487 g/mol. The number of morpholine rings is 1. The molecule has 36 heavy (non-hydrogen) atoms. The number of fused-ring (bicyclic) bond motifs is 1. The molecule has 0 aliphatic carbocycles. The van der Waals surface area contributed by atoms with E-state index in [1.54, 1.807) is 0 Å². The van der Waals surface area contributed by atoms with Gasteiger partial charge in [0.25, 0.3) is 5.91 Å². The Morgan fingerprint density at radius 1 is 1.03 bits per heavy atom. The highest BCUT2D eigenvalue weighted by atomic mass is 16.6. The summed E-state index contributed by atoms with van der Waals surface area (Å²) in [5, 5.41) is 14.5. The number of nitrogens with one attached hydrogen (secondary N) is 1. The first kappa shape index (κ1) is 25.2. The Morgan fingerprint density at radius 2 is 1.72 bits per heavy atom. The Kier molecular flexibility index (Phi) is 8.16. The predicted octanol–water partition coefficient (Wildman–Crippen LogP) is 3.79. The summed E-state index contributed by atoms with van der Waals surface area (Å²) >= 11 is 0. The van der Waals surface area contributed by atoms with Crippen molar-refractivity contribution in [1.29, 1.82) is 5.26 Å². The second-order valence-corrected chi connectivity index (χ2v) is 8.77. The van der Waals surface area contributed by atoms with Gasteiger partial charge in [-0.05, 0) is 28.8 Å². The summed E-state index contributed by atoms with van der Waals surface area (Å²) in [6.45, 7) is 3.21. The fourth-order valence-electron chi connectivity index (χ4n) is 3.92. The quantitative estimate of drug-likeness (QED) is 0.485. The summed E-state index contributed by atoms with van der Waals surface area (Å²) in [4.78, 5) is 27.7. The molecule has 1 aliphatic rings. The van der Waals surface area contributed by atoms with E-state index in [2.05, 4.69) is 5.32 Å². The summed E-state index contributed by atoms with van der Waals surface area (Å²) in [6, 6.07) is 25.1. The predicted molar refractivity (Wildman–Crippen MR) is 134 cm³/mol. The summed E-state index contributed by atoms with van der Waals surface area (Å²) in [5.41, 5.74) is 0.0760. The van der Waals surface area contributed by atoms with Crippen LogP contribution in [0, 0.1) is 11.3 Å². The molecular weight excluding hydrogens is 458 g/mol. The number of ether oxygens (including phenoxy) is 3. The van der Waals surface area contributed by atoms with Crippen LogP contribution >= 0.6 is 0 Å². The van der Waals surface area contributed by atoms with Gasteiger partial charge in [-0.3, -0.25) is 4.79 Å². The van der Waals surface area contributed by atoms with Crippen LogP contribution in [0.1, 0.15) is 18.1 Å². The number of benzene rings is 3. The molecular formula is C28H29N3O5. The van der Waals surface area contributed by atoms with Crippen molar-refractivity contribution in [3.63, 3.8) is 0 Å². The molecule has 8 heteroatoms. The van der Waals surface area contributed by atoms with Crippen LogP contribution in [0.4, 0.5) is 4.79 Å². The maximum atomic E-state index is 13.4. The molecule has 1 N–H and O–H groups in total. The molecule has 0 aromatic heterocycles. The van der Waals surface area contributed by atoms with Crippen LogP contribution in [0.5, 0.6) is 0 Å². The van der Waals surface area contributed by atoms with Gasteiger partial charge in [-0.1, -0.05) is 72.8 Å². The van der Waals surface area contributed by atoms with Gasteiger partial charge in [-0.25, -0.2) is 4.79 Å². The number of amides is 2. The molecule has 3 aromatic carbocycles. The van der Waals surface area contributed by atoms with Gasteiger partial charge in [0.1, 0.15) is 6.07 Å². The number of carbonyl (C=O) groups is 2. The zero-order valence-electron chi connectivity index (χ0n) is 20.2.